The zero-order valence-corrected chi connectivity index (χ0v) is 14.3. The third-order valence-electron chi connectivity index (χ3n) is 4.49. The van der Waals surface area contributed by atoms with Gasteiger partial charge in [-0.1, -0.05) is 6.07 Å². The van der Waals surface area contributed by atoms with Crippen LogP contribution in [0, 0.1) is 15.9 Å². The van der Waals surface area contributed by atoms with Crippen molar-refractivity contribution in [2.75, 3.05) is 31.1 Å². The maximum Gasteiger partial charge on any atom is 0.327 e. The fraction of sp³-hybridized carbons (Fsp3) is 0.471. The lowest BCUT2D eigenvalue weighted by Crippen LogP contribution is -2.30. The molecule has 0 bridgehead atoms. The Kier molecular flexibility index (Phi) is 5.28. The third-order valence-corrected chi connectivity index (χ3v) is 4.49. The van der Waals surface area contributed by atoms with Gasteiger partial charge < -0.3 is 4.90 Å². The minimum absolute atomic E-state index is 0.366. The maximum absolute atomic E-state index is 13.9. The molecule has 1 aromatic heterocycles. The molecular weight excluding hydrogens is 325 g/mol. The van der Waals surface area contributed by atoms with E-state index in [1.807, 2.05) is 28.9 Å². The van der Waals surface area contributed by atoms with Gasteiger partial charge in [-0.25, -0.2) is 0 Å². The zero-order valence-electron chi connectivity index (χ0n) is 14.3. The van der Waals surface area contributed by atoms with Gasteiger partial charge >= 0.3 is 5.69 Å². The largest absolute Gasteiger partial charge is 0.365 e. The molecule has 1 saturated heterocycles. The summed E-state index contributed by atoms with van der Waals surface area (Å²) in [5.74, 6) is -0.782. The first-order valence-electron chi connectivity index (χ1n) is 8.50. The topological polar surface area (TPSA) is 67.4 Å². The number of halogens is 1. The molecule has 1 aliphatic rings. The predicted molar refractivity (Wildman–Crippen MR) is 93.1 cm³/mol. The van der Waals surface area contributed by atoms with Crippen molar-refractivity contribution in [2.24, 2.45) is 0 Å². The number of para-hydroxylation sites is 1. The van der Waals surface area contributed by atoms with Gasteiger partial charge in [0.1, 0.15) is 5.69 Å². The van der Waals surface area contributed by atoms with Crippen LogP contribution in [-0.4, -0.2) is 45.8 Å². The van der Waals surface area contributed by atoms with Gasteiger partial charge in [0.2, 0.25) is 5.82 Å². The molecule has 0 amide bonds. The Labute approximate surface area is 145 Å². The standard InChI is InChI=1S/C17H22FN5O2/c1-2-22-13-14(11-19-22)12-20-7-4-8-21(10-9-20)16-6-3-5-15(18)17(16)23(24)25/h3,5-6,11,13H,2,4,7-10,12H2,1H3. The van der Waals surface area contributed by atoms with E-state index in [9.17, 15) is 14.5 Å². The van der Waals surface area contributed by atoms with E-state index in [1.165, 1.54) is 6.07 Å². The molecule has 0 spiro atoms. The van der Waals surface area contributed by atoms with E-state index in [0.717, 1.165) is 44.2 Å². The van der Waals surface area contributed by atoms with E-state index in [2.05, 4.69) is 10.00 Å². The fourth-order valence-electron chi connectivity index (χ4n) is 3.23. The molecule has 134 valence electrons. The molecule has 2 heterocycles. The number of nitro benzene ring substituents is 1. The van der Waals surface area contributed by atoms with Crippen LogP contribution >= 0.6 is 0 Å². The highest BCUT2D eigenvalue weighted by atomic mass is 19.1. The SMILES string of the molecule is CCn1cc(CN2CCCN(c3cccc(F)c3[N+](=O)[O-])CC2)cn1. The summed E-state index contributed by atoms with van der Waals surface area (Å²) in [6.07, 6.45) is 4.79. The number of rotatable bonds is 5. The summed E-state index contributed by atoms with van der Waals surface area (Å²) in [4.78, 5) is 14.8. The van der Waals surface area contributed by atoms with E-state index in [4.69, 9.17) is 0 Å². The molecule has 1 aliphatic heterocycles. The Bertz CT molecular complexity index is 748. The summed E-state index contributed by atoms with van der Waals surface area (Å²) in [6.45, 7) is 6.67. The fourth-order valence-corrected chi connectivity index (χ4v) is 3.23. The van der Waals surface area contributed by atoms with Crippen molar-refractivity contribution >= 4 is 11.4 Å². The molecule has 7 nitrogen and oxygen atoms in total. The van der Waals surface area contributed by atoms with Gasteiger partial charge in [-0.3, -0.25) is 19.7 Å². The van der Waals surface area contributed by atoms with Crippen LogP contribution in [0.1, 0.15) is 18.9 Å². The smallest absolute Gasteiger partial charge is 0.327 e. The Morgan fingerprint density at radius 3 is 2.84 bits per heavy atom. The number of hydrogen-bond acceptors (Lipinski definition) is 5. The Morgan fingerprint density at radius 1 is 1.28 bits per heavy atom. The number of aromatic nitrogens is 2. The van der Waals surface area contributed by atoms with Crippen molar-refractivity contribution in [3.63, 3.8) is 0 Å². The molecule has 3 rings (SSSR count). The quantitative estimate of drug-likeness (QED) is 0.614. The lowest BCUT2D eigenvalue weighted by atomic mass is 10.2. The highest BCUT2D eigenvalue weighted by Gasteiger charge is 2.25. The van der Waals surface area contributed by atoms with Gasteiger partial charge in [-0.2, -0.15) is 9.49 Å². The number of benzene rings is 1. The molecule has 1 fully saturated rings. The Hall–Kier alpha value is -2.48. The molecular formula is C17H22FN5O2. The van der Waals surface area contributed by atoms with Crippen molar-refractivity contribution in [3.8, 4) is 0 Å². The van der Waals surface area contributed by atoms with E-state index in [1.54, 1.807) is 6.07 Å². The molecule has 0 saturated carbocycles. The van der Waals surface area contributed by atoms with Gasteiger partial charge in [-0.15, -0.1) is 0 Å². The molecule has 1 aromatic carbocycles. The number of nitrogens with zero attached hydrogens (tertiary/aromatic N) is 5. The minimum atomic E-state index is -0.782. The number of nitro groups is 1. The Balaban J connectivity index is 1.70. The third kappa shape index (κ3) is 3.96. The van der Waals surface area contributed by atoms with Crippen LogP contribution in [0.25, 0.3) is 0 Å². The second kappa shape index (κ2) is 7.60. The van der Waals surface area contributed by atoms with E-state index < -0.39 is 16.4 Å². The van der Waals surface area contributed by atoms with Gasteiger partial charge in [0.15, 0.2) is 0 Å². The normalized spacial score (nSPS) is 16.0. The van der Waals surface area contributed by atoms with E-state index in [0.29, 0.717) is 18.8 Å². The van der Waals surface area contributed by atoms with Crippen LogP contribution in [0.2, 0.25) is 0 Å². The summed E-state index contributed by atoms with van der Waals surface area (Å²) in [7, 11) is 0. The van der Waals surface area contributed by atoms with Crippen molar-refractivity contribution in [3.05, 3.63) is 52.1 Å². The van der Waals surface area contributed by atoms with Gasteiger partial charge in [0.05, 0.1) is 11.1 Å². The van der Waals surface area contributed by atoms with Gasteiger partial charge in [0, 0.05) is 51.0 Å². The average molecular weight is 347 g/mol. The summed E-state index contributed by atoms with van der Waals surface area (Å²) in [5.41, 5.74) is 1.10. The van der Waals surface area contributed by atoms with Crippen LogP contribution in [0.3, 0.4) is 0 Å². The van der Waals surface area contributed by atoms with Gasteiger partial charge in [0.25, 0.3) is 0 Å². The monoisotopic (exact) mass is 347 g/mol. The lowest BCUT2D eigenvalue weighted by Gasteiger charge is -2.23. The minimum Gasteiger partial charge on any atom is -0.365 e. The second-order valence-electron chi connectivity index (χ2n) is 6.19. The van der Waals surface area contributed by atoms with Gasteiger partial charge in [-0.05, 0) is 25.5 Å². The average Bonchev–Trinajstić information content (AvgIpc) is 2.91. The molecule has 0 aliphatic carbocycles. The van der Waals surface area contributed by atoms with Crippen molar-refractivity contribution in [2.45, 2.75) is 26.4 Å². The van der Waals surface area contributed by atoms with Crippen LogP contribution in [0.5, 0.6) is 0 Å². The summed E-state index contributed by atoms with van der Waals surface area (Å²) < 4.78 is 15.8. The first-order chi connectivity index (χ1) is 12.1. The predicted octanol–water partition coefficient (Wildman–Crippen LogP) is 2.66. The summed E-state index contributed by atoms with van der Waals surface area (Å²) in [6, 6.07) is 4.29. The van der Waals surface area contributed by atoms with Crippen LogP contribution in [-0.2, 0) is 13.1 Å². The first kappa shape index (κ1) is 17.3. The van der Waals surface area contributed by atoms with Crippen molar-refractivity contribution in [1.29, 1.82) is 0 Å². The Morgan fingerprint density at radius 2 is 2.12 bits per heavy atom. The summed E-state index contributed by atoms with van der Waals surface area (Å²) >= 11 is 0. The number of anilines is 1. The maximum atomic E-state index is 13.9. The molecule has 0 radical (unpaired) electrons. The molecule has 0 atom stereocenters. The molecule has 2 aromatic rings. The zero-order chi connectivity index (χ0) is 17.8. The molecule has 0 unspecified atom stereocenters. The second-order valence-corrected chi connectivity index (χ2v) is 6.19. The highest BCUT2D eigenvalue weighted by Crippen LogP contribution is 2.31. The lowest BCUT2D eigenvalue weighted by molar-refractivity contribution is -0.386. The van der Waals surface area contributed by atoms with Crippen molar-refractivity contribution in [1.82, 2.24) is 14.7 Å². The number of aryl methyl sites for hydroxylation is 1. The highest BCUT2D eigenvalue weighted by molar-refractivity contribution is 5.63. The first-order valence-corrected chi connectivity index (χ1v) is 8.50. The van der Waals surface area contributed by atoms with E-state index in [-0.39, 0.29) is 0 Å². The number of hydrogen-bond donors (Lipinski definition) is 0. The van der Waals surface area contributed by atoms with Crippen molar-refractivity contribution < 1.29 is 9.31 Å². The van der Waals surface area contributed by atoms with E-state index >= 15 is 0 Å². The van der Waals surface area contributed by atoms with Crippen LogP contribution < -0.4 is 4.90 Å². The van der Waals surface area contributed by atoms with Crippen LogP contribution in [0.15, 0.2) is 30.6 Å². The molecule has 0 N–H and O–H groups in total. The molecule has 8 heteroatoms. The summed E-state index contributed by atoms with van der Waals surface area (Å²) in [5, 5.41) is 15.5. The molecule has 25 heavy (non-hydrogen) atoms. The van der Waals surface area contributed by atoms with Crippen LogP contribution in [0.4, 0.5) is 15.8 Å².